The van der Waals surface area contributed by atoms with Gasteiger partial charge in [0.1, 0.15) is 0 Å². The van der Waals surface area contributed by atoms with Crippen LogP contribution < -0.4 is 5.73 Å². The largest absolute Gasteiger partial charge is 0.481 e. The van der Waals surface area contributed by atoms with E-state index in [-0.39, 0.29) is 11.8 Å². The van der Waals surface area contributed by atoms with Crippen LogP contribution in [0.3, 0.4) is 0 Å². The van der Waals surface area contributed by atoms with Crippen molar-refractivity contribution in [2.24, 2.45) is 5.73 Å². The molecule has 1 atom stereocenters. The Hall–Kier alpha value is -1.38. The Morgan fingerprint density at radius 2 is 2.22 bits per heavy atom. The van der Waals surface area contributed by atoms with Crippen molar-refractivity contribution in [1.82, 2.24) is 0 Å². The monoisotopic (exact) mass is 308 g/mol. The second-order valence-electron chi connectivity index (χ2n) is 4.67. The standard InChI is InChI=1S/C13H13BrN2O2/c14-10-4-8(11(16)6-12(17)18)3-9(5-10)13(7-15)1-2-13/h3-5,11H,1-2,6,16H2,(H,17,18). The number of hydrogen-bond acceptors (Lipinski definition) is 3. The molecule has 94 valence electrons. The van der Waals surface area contributed by atoms with Crippen LogP contribution in [0.25, 0.3) is 0 Å². The second kappa shape index (κ2) is 4.71. The maximum absolute atomic E-state index is 10.7. The molecule has 2 rings (SSSR count). The number of hydrogen-bond donors (Lipinski definition) is 2. The number of nitrogens with zero attached hydrogens (tertiary/aromatic N) is 1. The highest BCUT2D eigenvalue weighted by Gasteiger charge is 2.45. The van der Waals surface area contributed by atoms with Crippen LogP contribution in [0.5, 0.6) is 0 Å². The number of benzene rings is 1. The first kappa shape index (κ1) is 13.1. The summed E-state index contributed by atoms with van der Waals surface area (Å²) in [7, 11) is 0. The van der Waals surface area contributed by atoms with Crippen molar-refractivity contribution in [2.75, 3.05) is 0 Å². The van der Waals surface area contributed by atoms with Gasteiger partial charge in [0.15, 0.2) is 0 Å². The Morgan fingerprint density at radius 1 is 1.56 bits per heavy atom. The van der Waals surface area contributed by atoms with Gasteiger partial charge < -0.3 is 10.8 Å². The van der Waals surface area contributed by atoms with E-state index >= 15 is 0 Å². The first-order valence-corrected chi connectivity index (χ1v) is 6.46. The summed E-state index contributed by atoms with van der Waals surface area (Å²) in [5.41, 5.74) is 7.15. The van der Waals surface area contributed by atoms with E-state index in [1.165, 1.54) is 0 Å². The summed E-state index contributed by atoms with van der Waals surface area (Å²) in [4.78, 5) is 10.7. The van der Waals surface area contributed by atoms with Gasteiger partial charge in [-0.05, 0) is 36.1 Å². The van der Waals surface area contributed by atoms with Gasteiger partial charge in [0.25, 0.3) is 0 Å². The van der Waals surface area contributed by atoms with Gasteiger partial charge in [-0.1, -0.05) is 22.0 Å². The fraction of sp³-hybridized carbons (Fsp3) is 0.385. The molecule has 0 aromatic heterocycles. The van der Waals surface area contributed by atoms with E-state index in [4.69, 9.17) is 10.8 Å². The van der Waals surface area contributed by atoms with E-state index in [1.54, 1.807) is 0 Å². The van der Waals surface area contributed by atoms with Gasteiger partial charge in [0.2, 0.25) is 0 Å². The number of nitrogens with two attached hydrogens (primary N) is 1. The highest BCUT2D eigenvalue weighted by Crippen LogP contribution is 2.48. The molecule has 1 aliphatic carbocycles. The molecule has 0 saturated heterocycles. The third-order valence-corrected chi connectivity index (χ3v) is 3.72. The normalized spacial score (nSPS) is 17.8. The molecule has 1 aromatic carbocycles. The summed E-state index contributed by atoms with van der Waals surface area (Å²) >= 11 is 3.38. The summed E-state index contributed by atoms with van der Waals surface area (Å²) < 4.78 is 0.831. The molecular weight excluding hydrogens is 296 g/mol. The average Bonchev–Trinajstić information content (AvgIpc) is 3.08. The highest BCUT2D eigenvalue weighted by molar-refractivity contribution is 9.10. The lowest BCUT2D eigenvalue weighted by Gasteiger charge is -2.14. The van der Waals surface area contributed by atoms with Crippen molar-refractivity contribution in [3.8, 4) is 6.07 Å². The summed E-state index contributed by atoms with van der Waals surface area (Å²) in [5.74, 6) is -0.926. The lowest BCUT2D eigenvalue weighted by Crippen LogP contribution is -2.16. The molecule has 0 radical (unpaired) electrons. The van der Waals surface area contributed by atoms with Crippen LogP contribution in [0.2, 0.25) is 0 Å². The number of carbonyl (C=O) groups is 1. The highest BCUT2D eigenvalue weighted by atomic mass is 79.9. The maximum atomic E-state index is 10.7. The fourth-order valence-electron chi connectivity index (χ4n) is 2.00. The molecule has 5 heteroatoms. The van der Waals surface area contributed by atoms with E-state index in [9.17, 15) is 10.1 Å². The maximum Gasteiger partial charge on any atom is 0.305 e. The summed E-state index contributed by atoms with van der Waals surface area (Å²) in [6, 6.07) is 7.35. The molecule has 1 fully saturated rings. The molecule has 3 N–H and O–H groups in total. The number of carboxylic acid groups (broad SMARTS) is 1. The van der Waals surface area contributed by atoms with E-state index in [2.05, 4.69) is 22.0 Å². The van der Waals surface area contributed by atoms with Gasteiger partial charge in [0.05, 0.1) is 17.9 Å². The molecule has 18 heavy (non-hydrogen) atoms. The Balaban J connectivity index is 2.33. The lowest BCUT2D eigenvalue weighted by atomic mass is 9.93. The number of halogens is 1. The zero-order valence-electron chi connectivity index (χ0n) is 9.69. The summed E-state index contributed by atoms with van der Waals surface area (Å²) in [6.07, 6.45) is 1.59. The first-order valence-electron chi connectivity index (χ1n) is 5.66. The minimum Gasteiger partial charge on any atom is -0.481 e. The van der Waals surface area contributed by atoms with Gasteiger partial charge in [-0.15, -0.1) is 0 Å². The number of carboxylic acids is 1. The topological polar surface area (TPSA) is 87.1 Å². The zero-order chi connectivity index (χ0) is 13.3. The van der Waals surface area contributed by atoms with Crippen molar-refractivity contribution in [1.29, 1.82) is 5.26 Å². The van der Waals surface area contributed by atoms with Crippen LogP contribution in [0.4, 0.5) is 0 Å². The molecule has 0 heterocycles. The molecular formula is C13H13BrN2O2. The van der Waals surface area contributed by atoms with Crippen molar-refractivity contribution >= 4 is 21.9 Å². The lowest BCUT2D eigenvalue weighted by molar-refractivity contribution is -0.137. The van der Waals surface area contributed by atoms with Crippen molar-refractivity contribution in [2.45, 2.75) is 30.7 Å². The van der Waals surface area contributed by atoms with Crippen LogP contribution in [0, 0.1) is 11.3 Å². The number of nitriles is 1. The van der Waals surface area contributed by atoms with Crippen molar-refractivity contribution in [3.63, 3.8) is 0 Å². The molecule has 1 saturated carbocycles. The molecule has 0 spiro atoms. The summed E-state index contributed by atoms with van der Waals surface area (Å²) in [5, 5.41) is 17.9. The smallest absolute Gasteiger partial charge is 0.305 e. The van der Waals surface area contributed by atoms with Gasteiger partial charge in [-0.2, -0.15) is 5.26 Å². The predicted molar refractivity (Wildman–Crippen MR) is 69.8 cm³/mol. The van der Waals surface area contributed by atoms with Gasteiger partial charge in [-0.25, -0.2) is 0 Å². The molecule has 1 aliphatic rings. The second-order valence-corrected chi connectivity index (χ2v) is 5.59. The third-order valence-electron chi connectivity index (χ3n) is 3.26. The van der Waals surface area contributed by atoms with E-state index in [1.807, 2.05) is 18.2 Å². The van der Waals surface area contributed by atoms with Crippen LogP contribution in [-0.2, 0) is 10.2 Å². The average molecular weight is 309 g/mol. The van der Waals surface area contributed by atoms with Crippen LogP contribution in [-0.4, -0.2) is 11.1 Å². The Kier molecular flexibility index (Phi) is 3.42. The minimum absolute atomic E-state index is 0.116. The third kappa shape index (κ3) is 2.55. The molecule has 0 amide bonds. The minimum atomic E-state index is -0.926. The quantitative estimate of drug-likeness (QED) is 0.894. The number of aliphatic carboxylic acids is 1. The Labute approximate surface area is 114 Å². The fourth-order valence-corrected chi connectivity index (χ4v) is 2.51. The molecule has 0 bridgehead atoms. The number of rotatable bonds is 4. The zero-order valence-corrected chi connectivity index (χ0v) is 11.3. The van der Waals surface area contributed by atoms with E-state index in [0.29, 0.717) is 0 Å². The molecule has 1 aromatic rings. The molecule has 4 nitrogen and oxygen atoms in total. The van der Waals surface area contributed by atoms with E-state index in [0.717, 1.165) is 28.4 Å². The Morgan fingerprint density at radius 3 is 2.72 bits per heavy atom. The first-order chi connectivity index (χ1) is 8.47. The van der Waals surface area contributed by atoms with Gasteiger partial charge >= 0.3 is 5.97 Å². The van der Waals surface area contributed by atoms with Gasteiger partial charge in [-0.3, -0.25) is 4.79 Å². The molecule has 0 aliphatic heterocycles. The SMILES string of the molecule is N#CC1(c2cc(Br)cc(C(N)CC(=O)O)c2)CC1. The van der Waals surface area contributed by atoms with Gasteiger partial charge in [0, 0.05) is 10.5 Å². The van der Waals surface area contributed by atoms with E-state index < -0.39 is 12.0 Å². The Bertz CT molecular complexity index is 532. The molecule has 1 unspecified atom stereocenters. The van der Waals surface area contributed by atoms with Crippen molar-refractivity contribution < 1.29 is 9.90 Å². The van der Waals surface area contributed by atoms with Crippen LogP contribution >= 0.6 is 15.9 Å². The van der Waals surface area contributed by atoms with Crippen molar-refractivity contribution in [3.05, 3.63) is 33.8 Å². The summed E-state index contributed by atoms with van der Waals surface area (Å²) in [6.45, 7) is 0. The van der Waals surface area contributed by atoms with Crippen LogP contribution in [0.15, 0.2) is 22.7 Å². The van der Waals surface area contributed by atoms with Crippen LogP contribution in [0.1, 0.15) is 36.4 Å². The predicted octanol–water partition coefficient (Wildman–Crippen LogP) is 2.48.